The summed E-state index contributed by atoms with van der Waals surface area (Å²) >= 11 is 0. The molecule has 4 rings (SSSR count). The Morgan fingerprint density at radius 3 is 2.67 bits per heavy atom. The first-order chi connectivity index (χ1) is 14.7. The fourth-order valence-corrected chi connectivity index (χ4v) is 3.55. The molecule has 30 heavy (non-hydrogen) atoms. The van der Waals surface area contributed by atoms with Crippen molar-refractivity contribution in [1.29, 1.82) is 0 Å². The van der Waals surface area contributed by atoms with Crippen molar-refractivity contribution >= 4 is 22.8 Å². The van der Waals surface area contributed by atoms with Crippen LogP contribution in [-0.4, -0.2) is 56.0 Å². The molecule has 2 aromatic heterocycles. The Labute approximate surface area is 175 Å². The third kappa shape index (κ3) is 4.33. The van der Waals surface area contributed by atoms with Gasteiger partial charge in [-0.2, -0.15) is 0 Å². The summed E-state index contributed by atoms with van der Waals surface area (Å²) in [5, 5.41) is 3.97. The van der Waals surface area contributed by atoms with Crippen LogP contribution in [0.4, 0.5) is 5.82 Å². The quantitative estimate of drug-likeness (QED) is 0.644. The number of methoxy groups -OCH3 is 2. The van der Waals surface area contributed by atoms with E-state index in [4.69, 9.17) is 19.2 Å². The van der Waals surface area contributed by atoms with Crippen LogP contribution in [0.2, 0.25) is 0 Å². The second-order valence-corrected chi connectivity index (χ2v) is 7.09. The first-order valence-electron chi connectivity index (χ1n) is 9.94. The third-order valence-electron chi connectivity index (χ3n) is 5.18. The van der Waals surface area contributed by atoms with Crippen LogP contribution < -0.4 is 19.7 Å². The van der Waals surface area contributed by atoms with Gasteiger partial charge in [0, 0.05) is 31.2 Å². The molecule has 1 aliphatic heterocycles. The zero-order valence-corrected chi connectivity index (χ0v) is 17.3. The van der Waals surface area contributed by atoms with Gasteiger partial charge >= 0.3 is 0 Å². The zero-order chi connectivity index (χ0) is 20.9. The van der Waals surface area contributed by atoms with Crippen molar-refractivity contribution in [3.63, 3.8) is 0 Å². The monoisotopic (exact) mass is 410 g/mol. The molecule has 0 unspecified atom stereocenters. The van der Waals surface area contributed by atoms with Crippen molar-refractivity contribution in [3.05, 3.63) is 48.2 Å². The SMILES string of the molecule is COc1ccc(CNC(=O)Cn2ccc3ccc(N4CCOCC4)nc32)cc1OC. The van der Waals surface area contributed by atoms with Crippen LogP contribution in [0.3, 0.4) is 0 Å². The van der Waals surface area contributed by atoms with Gasteiger partial charge in [-0.3, -0.25) is 4.79 Å². The summed E-state index contributed by atoms with van der Waals surface area (Å²) in [6.45, 7) is 3.68. The molecule has 1 amide bonds. The molecule has 3 aromatic rings. The molecule has 0 saturated carbocycles. The van der Waals surface area contributed by atoms with E-state index in [1.807, 2.05) is 47.2 Å². The minimum absolute atomic E-state index is 0.0825. The van der Waals surface area contributed by atoms with Crippen molar-refractivity contribution in [2.45, 2.75) is 13.1 Å². The van der Waals surface area contributed by atoms with Gasteiger partial charge in [0.15, 0.2) is 11.5 Å². The number of amides is 1. The summed E-state index contributed by atoms with van der Waals surface area (Å²) in [4.78, 5) is 19.5. The number of anilines is 1. The van der Waals surface area contributed by atoms with E-state index in [0.29, 0.717) is 31.3 Å². The topological polar surface area (TPSA) is 77.9 Å². The van der Waals surface area contributed by atoms with E-state index in [1.54, 1.807) is 14.2 Å². The Bertz CT molecular complexity index is 1030. The molecule has 0 radical (unpaired) electrons. The average molecular weight is 410 g/mol. The van der Waals surface area contributed by atoms with Gasteiger partial charge in [-0.05, 0) is 35.9 Å². The highest BCUT2D eigenvalue weighted by atomic mass is 16.5. The molecule has 0 atom stereocenters. The number of ether oxygens (including phenoxy) is 3. The molecule has 1 N–H and O–H groups in total. The molecule has 1 aliphatic rings. The largest absolute Gasteiger partial charge is 0.493 e. The number of morpholine rings is 1. The van der Waals surface area contributed by atoms with Crippen molar-refractivity contribution in [2.24, 2.45) is 0 Å². The molecule has 0 aliphatic carbocycles. The second kappa shape index (κ2) is 9.04. The standard InChI is InChI=1S/C22H26N4O4/c1-28-18-5-3-16(13-19(18)29-2)14-23-21(27)15-26-8-7-17-4-6-20(24-22(17)26)25-9-11-30-12-10-25/h3-8,13H,9-12,14-15H2,1-2H3,(H,23,27). The molecule has 0 spiro atoms. The number of nitrogens with one attached hydrogen (secondary N) is 1. The number of hydrogen-bond acceptors (Lipinski definition) is 6. The van der Waals surface area contributed by atoms with Crippen molar-refractivity contribution in [2.75, 3.05) is 45.4 Å². The Balaban J connectivity index is 1.42. The van der Waals surface area contributed by atoms with Gasteiger partial charge < -0.3 is 29.0 Å². The summed E-state index contributed by atoms with van der Waals surface area (Å²) in [6, 6.07) is 11.6. The molecule has 8 heteroatoms. The first-order valence-corrected chi connectivity index (χ1v) is 9.94. The predicted molar refractivity (Wildman–Crippen MR) is 114 cm³/mol. The Morgan fingerprint density at radius 1 is 1.10 bits per heavy atom. The normalized spacial score (nSPS) is 14.0. The Kier molecular flexibility index (Phi) is 6.04. The van der Waals surface area contributed by atoms with Gasteiger partial charge in [-0.15, -0.1) is 0 Å². The fraction of sp³-hybridized carbons (Fsp3) is 0.364. The summed E-state index contributed by atoms with van der Waals surface area (Å²) < 4.78 is 17.9. The lowest BCUT2D eigenvalue weighted by Gasteiger charge is -2.27. The highest BCUT2D eigenvalue weighted by Crippen LogP contribution is 2.27. The molecule has 1 aromatic carbocycles. The van der Waals surface area contributed by atoms with Gasteiger partial charge in [0.05, 0.1) is 27.4 Å². The number of hydrogen-bond donors (Lipinski definition) is 1. The lowest BCUT2D eigenvalue weighted by Crippen LogP contribution is -2.36. The average Bonchev–Trinajstić information content (AvgIpc) is 3.19. The third-order valence-corrected chi connectivity index (χ3v) is 5.18. The smallest absolute Gasteiger partial charge is 0.240 e. The van der Waals surface area contributed by atoms with E-state index >= 15 is 0 Å². The number of rotatable bonds is 7. The van der Waals surface area contributed by atoms with Crippen LogP contribution in [-0.2, 0) is 22.6 Å². The van der Waals surface area contributed by atoms with Crippen LogP contribution in [0, 0.1) is 0 Å². The van der Waals surface area contributed by atoms with Gasteiger partial charge in [0.1, 0.15) is 18.0 Å². The number of carbonyl (C=O) groups excluding carboxylic acids is 1. The molecule has 1 fully saturated rings. The lowest BCUT2D eigenvalue weighted by atomic mass is 10.2. The highest BCUT2D eigenvalue weighted by molar-refractivity contribution is 5.82. The predicted octanol–water partition coefficient (Wildman–Crippen LogP) is 2.21. The number of pyridine rings is 1. The fourth-order valence-electron chi connectivity index (χ4n) is 3.55. The number of aromatic nitrogens is 2. The maximum absolute atomic E-state index is 12.5. The van der Waals surface area contributed by atoms with E-state index in [0.717, 1.165) is 35.5 Å². The minimum atomic E-state index is -0.0825. The maximum Gasteiger partial charge on any atom is 0.240 e. The summed E-state index contributed by atoms with van der Waals surface area (Å²) in [6.07, 6.45) is 1.90. The van der Waals surface area contributed by atoms with E-state index in [-0.39, 0.29) is 12.5 Å². The Morgan fingerprint density at radius 2 is 1.90 bits per heavy atom. The first kappa shape index (κ1) is 20.0. The summed E-state index contributed by atoms with van der Waals surface area (Å²) in [7, 11) is 3.19. The minimum Gasteiger partial charge on any atom is -0.493 e. The molecule has 158 valence electrons. The van der Waals surface area contributed by atoms with Crippen LogP contribution in [0.25, 0.3) is 11.0 Å². The molecular formula is C22H26N4O4. The summed E-state index contributed by atoms with van der Waals surface area (Å²) in [5.41, 5.74) is 1.74. The lowest BCUT2D eigenvalue weighted by molar-refractivity contribution is -0.121. The molecular weight excluding hydrogens is 384 g/mol. The van der Waals surface area contributed by atoms with Gasteiger partial charge in [-0.25, -0.2) is 4.98 Å². The number of nitrogens with zero attached hydrogens (tertiary/aromatic N) is 3. The van der Waals surface area contributed by atoms with Crippen LogP contribution >= 0.6 is 0 Å². The molecule has 3 heterocycles. The van der Waals surface area contributed by atoms with E-state index in [1.165, 1.54) is 0 Å². The number of fused-ring (bicyclic) bond motifs is 1. The van der Waals surface area contributed by atoms with Crippen LogP contribution in [0.15, 0.2) is 42.6 Å². The Hall–Kier alpha value is -3.26. The second-order valence-electron chi connectivity index (χ2n) is 7.09. The van der Waals surface area contributed by atoms with Crippen LogP contribution in [0.5, 0.6) is 11.5 Å². The zero-order valence-electron chi connectivity index (χ0n) is 17.3. The maximum atomic E-state index is 12.5. The van der Waals surface area contributed by atoms with Crippen molar-refractivity contribution < 1.29 is 19.0 Å². The van der Waals surface area contributed by atoms with E-state index in [2.05, 4.69) is 10.2 Å². The van der Waals surface area contributed by atoms with Gasteiger partial charge in [-0.1, -0.05) is 6.07 Å². The van der Waals surface area contributed by atoms with Gasteiger partial charge in [0.2, 0.25) is 5.91 Å². The number of benzene rings is 1. The molecule has 0 bridgehead atoms. The van der Waals surface area contributed by atoms with Crippen molar-refractivity contribution in [3.8, 4) is 11.5 Å². The number of carbonyl (C=O) groups is 1. The van der Waals surface area contributed by atoms with Crippen molar-refractivity contribution in [1.82, 2.24) is 14.9 Å². The van der Waals surface area contributed by atoms with E-state index < -0.39 is 0 Å². The highest BCUT2D eigenvalue weighted by Gasteiger charge is 2.15. The van der Waals surface area contributed by atoms with Crippen LogP contribution in [0.1, 0.15) is 5.56 Å². The molecule has 1 saturated heterocycles. The summed E-state index contributed by atoms with van der Waals surface area (Å²) in [5.74, 6) is 2.13. The van der Waals surface area contributed by atoms with E-state index in [9.17, 15) is 4.79 Å². The van der Waals surface area contributed by atoms with Gasteiger partial charge in [0.25, 0.3) is 0 Å². The molecule has 8 nitrogen and oxygen atoms in total.